The monoisotopic (exact) mass is 453 g/mol. The van der Waals surface area contributed by atoms with E-state index in [1.54, 1.807) is 6.92 Å². The maximum Gasteiger partial charge on any atom is 0.416 e. The third-order valence-electron chi connectivity index (χ3n) is 5.04. The number of nitro benzene ring substituents is 1. The number of amides is 1. The fourth-order valence-corrected chi connectivity index (χ4v) is 3.55. The number of benzene rings is 2. The van der Waals surface area contributed by atoms with Gasteiger partial charge in [-0.1, -0.05) is 0 Å². The molecule has 1 N–H and O–H groups in total. The van der Waals surface area contributed by atoms with Crippen molar-refractivity contribution in [1.82, 2.24) is 0 Å². The number of nitro groups is 1. The molecule has 8 nitrogen and oxygen atoms in total. The predicted octanol–water partition coefficient (Wildman–Crippen LogP) is 4.87. The molecule has 0 atom stereocenters. The van der Waals surface area contributed by atoms with Gasteiger partial charge in [-0.25, -0.2) is 0 Å². The molecule has 1 saturated heterocycles. The molecule has 1 amide bonds. The molecule has 3 rings (SSSR count). The van der Waals surface area contributed by atoms with Gasteiger partial charge < -0.3 is 19.7 Å². The summed E-state index contributed by atoms with van der Waals surface area (Å²) in [6, 6.07) is 5.29. The van der Waals surface area contributed by atoms with Crippen LogP contribution in [0.25, 0.3) is 0 Å². The van der Waals surface area contributed by atoms with Gasteiger partial charge in [-0.3, -0.25) is 14.9 Å². The van der Waals surface area contributed by atoms with Crippen LogP contribution in [0, 0.1) is 10.1 Å². The highest BCUT2D eigenvalue weighted by Gasteiger charge is 2.32. The summed E-state index contributed by atoms with van der Waals surface area (Å²) in [6.45, 7) is 3.16. The number of ether oxygens (including phenoxy) is 2. The molecule has 1 aliphatic heterocycles. The van der Waals surface area contributed by atoms with Crippen molar-refractivity contribution in [1.29, 1.82) is 0 Å². The highest BCUT2D eigenvalue weighted by Crippen LogP contribution is 2.38. The number of hydrogen-bond acceptors (Lipinski definition) is 6. The van der Waals surface area contributed by atoms with Crippen molar-refractivity contribution in [3.05, 3.63) is 51.6 Å². The number of hydrogen-bond donors (Lipinski definition) is 1. The third-order valence-corrected chi connectivity index (χ3v) is 5.04. The molecule has 0 bridgehead atoms. The van der Waals surface area contributed by atoms with Crippen LogP contribution >= 0.6 is 0 Å². The third kappa shape index (κ3) is 4.87. The van der Waals surface area contributed by atoms with Crippen LogP contribution in [0.5, 0.6) is 11.5 Å². The molecule has 0 spiro atoms. The topological polar surface area (TPSA) is 93.9 Å². The quantitative estimate of drug-likeness (QED) is 0.475. The van der Waals surface area contributed by atoms with E-state index in [0.29, 0.717) is 18.8 Å². The lowest BCUT2D eigenvalue weighted by molar-refractivity contribution is -0.385. The minimum atomic E-state index is -4.61. The van der Waals surface area contributed by atoms with Crippen LogP contribution in [-0.4, -0.2) is 37.6 Å². The van der Waals surface area contributed by atoms with E-state index < -0.39 is 28.3 Å². The van der Waals surface area contributed by atoms with Crippen molar-refractivity contribution in [2.75, 3.05) is 37.0 Å². The Bertz CT molecular complexity index is 1020. The highest BCUT2D eigenvalue weighted by atomic mass is 19.4. The number of anilines is 2. The maximum absolute atomic E-state index is 13.3. The Kier molecular flexibility index (Phi) is 6.75. The van der Waals surface area contributed by atoms with Gasteiger partial charge in [0.1, 0.15) is 5.56 Å². The van der Waals surface area contributed by atoms with E-state index in [9.17, 15) is 28.1 Å². The summed E-state index contributed by atoms with van der Waals surface area (Å²) in [6.07, 6.45) is -2.87. The van der Waals surface area contributed by atoms with Crippen molar-refractivity contribution < 1.29 is 32.4 Å². The normalized spacial score (nSPS) is 13.7. The molecule has 32 heavy (non-hydrogen) atoms. The molecular formula is C21H22F3N3O5. The summed E-state index contributed by atoms with van der Waals surface area (Å²) in [5.74, 6) is -0.762. The Hall–Kier alpha value is -3.50. The fourth-order valence-electron chi connectivity index (χ4n) is 3.55. The Morgan fingerprint density at radius 2 is 1.88 bits per heavy atom. The summed E-state index contributed by atoms with van der Waals surface area (Å²) in [5, 5.41) is 14.0. The zero-order chi connectivity index (χ0) is 23.5. The van der Waals surface area contributed by atoms with E-state index in [1.165, 1.54) is 13.2 Å². The standard InChI is InChI=1S/C21H22F3N3O5/c1-3-32-19-11-14(17(27(29)30)12-18(19)31-2)20(28)25-15-10-13(21(22,23)24)6-7-16(15)26-8-4-5-9-26/h6-7,10-12H,3-5,8-9H2,1-2H3,(H,25,28). The minimum absolute atomic E-state index is 0.0620. The molecule has 0 unspecified atom stereocenters. The lowest BCUT2D eigenvalue weighted by atomic mass is 10.1. The summed E-state index contributed by atoms with van der Waals surface area (Å²) in [5.41, 5.74) is -1.50. The molecule has 11 heteroatoms. The van der Waals surface area contributed by atoms with Gasteiger partial charge in [0.15, 0.2) is 11.5 Å². The highest BCUT2D eigenvalue weighted by molar-refractivity contribution is 6.09. The number of nitrogens with zero attached hydrogens (tertiary/aromatic N) is 2. The number of alkyl halides is 3. The number of nitrogens with one attached hydrogen (secondary N) is 1. The number of methoxy groups -OCH3 is 1. The van der Waals surface area contributed by atoms with E-state index in [-0.39, 0.29) is 29.4 Å². The number of carbonyl (C=O) groups is 1. The Morgan fingerprint density at radius 1 is 1.19 bits per heavy atom. The first kappa shape index (κ1) is 23.2. The van der Waals surface area contributed by atoms with Crippen LogP contribution < -0.4 is 19.7 Å². The zero-order valence-corrected chi connectivity index (χ0v) is 17.5. The fraction of sp³-hybridized carbons (Fsp3) is 0.381. The Balaban J connectivity index is 2.05. The second-order valence-corrected chi connectivity index (χ2v) is 7.09. The molecule has 0 aromatic heterocycles. The van der Waals surface area contributed by atoms with Crippen LogP contribution in [0.15, 0.2) is 30.3 Å². The van der Waals surface area contributed by atoms with Crippen LogP contribution in [0.4, 0.5) is 30.2 Å². The molecule has 2 aromatic rings. The maximum atomic E-state index is 13.3. The molecule has 1 fully saturated rings. The Morgan fingerprint density at radius 3 is 2.44 bits per heavy atom. The van der Waals surface area contributed by atoms with Gasteiger partial charge in [0.2, 0.25) is 0 Å². The lowest BCUT2D eigenvalue weighted by Gasteiger charge is -2.23. The van der Waals surface area contributed by atoms with Gasteiger partial charge in [-0.15, -0.1) is 0 Å². The molecule has 0 saturated carbocycles. The van der Waals surface area contributed by atoms with Crippen LogP contribution in [-0.2, 0) is 6.18 Å². The van der Waals surface area contributed by atoms with Crippen molar-refractivity contribution in [3.63, 3.8) is 0 Å². The summed E-state index contributed by atoms with van der Waals surface area (Å²) >= 11 is 0. The lowest BCUT2D eigenvalue weighted by Crippen LogP contribution is -2.22. The summed E-state index contributed by atoms with van der Waals surface area (Å²) < 4.78 is 50.3. The van der Waals surface area contributed by atoms with Gasteiger partial charge >= 0.3 is 6.18 Å². The molecular weight excluding hydrogens is 431 g/mol. The van der Waals surface area contributed by atoms with E-state index in [2.05, 4.69) is 5.32 Å². The van der Waals surface area contributed by atoms with E-state index in [0.717, 1.165) is 37.1 Å². The second kappa shape index (κ2) is 9.33. The van der Waals surface area contributed by atoms with Crippen molar-refractivity contribution in [2.24, 2.45) is 0 Å². The first-order valence-electron chi connectivity index (χ1n) is 9.92. The van der Waals surface area contributed by atoms with Gasteiger partial charge in [-0.05, 0) is 38.0 Å². The van der Waals surface area contributed by atoms with E-state index in [1.807, 2.05) is 4.90 Å². The van der Waals surface area contributed by atoms with Crippen LogP contribution in [0.3, 0.4) is 0 Å². The molecule has 1 heterocycles. The van der Waals surface area contributed by atoms with E-state index >= 15 is 0 Å². The van der Waals surface area contributed by atoms with Crippen molar-refractivity contribution in [2.45, 2.75) is 25.9 Å². The average molecular weight is 453 g/mol. The molecule has 2 aromatic carbocycles. The van der Waals surface area contributed by atoms with Gasteiger partial charge in [-0.2, -0.15) is 13.2 Å². The van der Waals surface area contributed by atoms with Crippen molar-refractivity contribution >= 4 is 23.0 Å². The number of rotatable bonds is 7. The SMILES string of the molecule is CCOc1cc(C(=O)Nc2cc(C(F)(F)F)ccc2N2CCCC2)c([N+](=O)[O-])cc1OC. The first-order valence-corrected chi connectivity index (χ1v) is 9.92. The Labute approximate surface area is 182 Å². The summed E-state index contributed by atoms with van der Waals surface area (Å²) in [7, 11) is 1.30. The molecule has 1 aliphatic rings. The van der Waals surface area contributed by atoms with Gasteiger partial charge in [0.05, 0.1) is 41.6 Å². The largest absolute Gasteiger partial charge is 0.493 e. The van der Waals surface area contributed by atoms with Gasteiger partial charge in [0.25, 0.3) is 11.6 Å². The van der Waals surface area contributed by atoms with Crippen LogP contribution in [0.2, 0.25) is 0 Å². The number of halogens is 3. The molecule has 0 aliphatic carbocycles. The molecule has 172 valence electrons. The van der Waals surface area contributed by atoms with E-state index in [4.69, 9.17) is 9.47 Å². The van der Waals surface area contributed by atoms with Crippen LogP contribution in [0.1, 0.15) is 35.7 Å². The zero-order valence-electron chi connectivity index (χ0n) is 17.5. The predicted molar refractivity (Wildman–Crippen MR) is 112 cm³/mol. The molecule has 0 radical (unpaired) electrons. The van der Waals surface area contributed by atoms with Gasteiger partial charge in [0, 0.05) is 19.2 Å². The van der Waals surface area contributed by atoms with Crippen molar-refractivity contribution in [3.8, 4) is 11.5 Å². The summed E-state index contributed by atoms with van der Waals surface area (Å²) in [4.78, 5) is 25.7. The minimum Gasteiger partial charge on any atom is -0.493 e. The first-order chi connectivity index (χ1) is 15.2. The number of carbonyl (C=O) groups excluding carboxylic acids is 1. The average Bonchev–Trinajstić information content (AvgIpc) is 3.27. The smallest absolute Gasteiger partial charge is 0.416 e. The second-order valence-electron chi connectivity index (χ2n) is 7.09.